The van der Waals surface area contributed by atoms with Gasteiger partial charge in [-0.1, -0.05) is 19.1 Å². The van der Waals surface area contributed by atoms with E-state index in [1.165, 1.54) is 14.6 Å². The van der Waals surface area contributed by atoms with Crippen LogP contribution >= 0.6 is 54.5 Å². The molecule has 1 atom stereocenters. The van der Waals surface area contributed by atoms with Crippen LogP contribution in [0.25, 0.3) is 10.2 Å². The third kappa shape index (κ3) is 3.56. The maximum absolute atomic E-state index is 4.75. The van der Waals surface area contributed by atoms with Gasteiger partial charge in [-0.15, -0.1) is 22.7 Å². The third-order valence-electron chi connectivity index (χ3n) is 3.18. The molecule has 0 aliphatic rings. The minimum Gasteiger partial charge on any atom is -0.309 e. The summed E-state index contributed by atoms with van der Waals surface area (Å²) >= 11 is 10.7. The molecule has 0 aliphatic carbocycles. The molecule has 2 aromatic heterocycles. The molecule has 0 fully saturated rings. The van der Waals surface area contributed by atoms with Crippen molar-refractivity contribution < 1.29 is 0 Å². The lowest BCUT2D eigenvalue weighted by Crippen LogP contribution is -2.22. The molecular weight excluding hydrogens is 432 g/mol. The standard InChI is InChI=1S/C15H14Br2N2S2/c1-2-18-11(13-7-9(16)15(17)21-13)8-14-19-10-5-3-4-6-12(10)20-14/h3-7,11,18H,2,8H2,1H3. The Kier molecular flexibility index (Phi) is 5.11. The molecule has 3 aromatic rings. The van der Waals surface area contributed by atoms with Gasteiger partial charge in [0.05, 0.1) is 19.0 Å². The maximum Gasteiger partial charge on any atom is 0.0957 e. The van der Waals surface area contributed by atoms with Crippen molar-refractivity contribution in [3.05, 3.63) is 48.5 Å². The lowest BCUT2D eigenvalue weighted by atomic mass is 10.2. The number of benzene rings is 1. The minimum atomic E-state index is 0.308. The summed E-state index contributed by atoms with van der Waals surface area (Å²) in [6, 6.07) is 10.8. The molecule has 110 valence electrons. The van der Waals surface area contributed by atoms with E-state index in [1.54, 1.807) is 22.7 Å². The van der Waals surface area contributed by atoms with E-state index in [1.807, 2.05) is 6.07 Å². The van der Waals surface area contributed by atoms with Gasteiger partial charge in [0.15, 0.2) is 0 Å². The largest absolute Gasteiger partial charge is 0.309 e. The van der Waals surface area contributed by atoms with Crippen LogP contribution in [0.3, 0.4) is 0 Å². The number of likely N-dealkylation sites (N-methyl/N-ethyl adjacent to an activating group) is 1. The zero-order chi connectivity index (χ0) is 14.8. The summed E-state index contributed by atoms with van der Waals surface area (Å²) in [5, 5.41) is 4.75. The Morgan fingerprint density at radius 2 is 2.05 bits per heavy atom. The van der Waals surface area contributed by atoms with E-state index in [2.05, 4.69) is 68.4 Å². The second-order valence-corrected chi connectivity index (χ2v) is 9.03. The van der Waals surface area contributed by atoms with Gasteiger partial charge in [-0.3, -0.25) is 0 Å². The van der Waals surface area contributed by atoms with Crippen molar-refractivity contribution in [3.63, 3.8) is 0 Å². The molecule has 0 spiro atoms. The smallest absolute Gasteiger partial charge is 0.0957 e. The van der Waals surface area contributed by atoms with Gasteiger partial charge in [0.25, 0.3) is 0 Å². The third-order valence-corrected chi connectivity index (χ3v) is 7.60. The molecule has 0 radical (unpaired) electrons. The Morgan fingerprint density at radius 3 is 2.71 bits per heavy atom. The first-order valence-electron chi connectivity index (χ1n) is 6.70. The molecule has 0 bridgehead atoms. The van der Waals surface area contributed by atoms with Crippen LogP contribution in [0.4, 0.5) is 0 Å². The zero-order valence-electron chi connectivity index (χ0n) is 11.4. The van der Waals surface area contributed by atoms with Crippen molar-refractivity contribution in [2.75, 3.05) is 6.54 Å². The van der Waals surface area contributed by atoms with Gasteiger partial charge in [-0.05, 0) is 56.6 Å². The van der Waals surface area contributed by atoms with Crippen LogP contribution in [-0.4, -0.2) is 11.5 Å². The first kappa shape index (κ1) is 15.6. The van der Waals surface area contributed by atoms with E-state index in [9.17, 15) is 0 Å². The van der Waals surface area contributed by atoms with E-state index >= 15 is 0 Å². The number of para-hydroxylation sites is 1. The van der Waals surface area contributed by atoms with E-state index < -0.39 is 0 Å². The van der Waals surface area contributed by atoms with Crippen LogP contribution in [-0.2, 0) is 6.42 Å². The molecule has 1 unspecified atom stereocenters. The first-order chi connectivity index (χ1) is 10.2. The first-order valence-corrected chi connectivity index (χ1v) is 9.92. The molecular formula is C15H14Br2N2S2. The second kappa shape index (κ2) is 6.87. The number of nitrogens with zero attached hydrogens (tertiary/aromatic N) is 1. The summed E-state index contributed by atoms with van der Waals surface area (Å²) in [4.78, 5) is 6.08. The highest BCUT2D eigenvalue weighted by Crippen LogP contribution is 2.37. The average Bonchev–Trinajstić information content (AvgIpc) is 3.02. The van der Waals surface area contributed by atoms with Crippen LogP contribution in [0.1, 0.15) is 22.9 Å². The number of hydrogen-bond acceptors (Lipinski definition) is 4. The molecule has 1 aromatic carbocycles. The molecule has 2 nitrogen and oxygen atoms in total. The van der Waals surface area contributed by atoms with Crippen molar-refractivity contribution in [2.24, 2.45) is 0 Å². The van der Waals surface area contributed by atoms with Crippen LogP contribution in [0.5, 0.6) is 0 Å². The van der Waals surface area contributed by atoms with Crippen molar-refractivity contribution in [1.82, 2.24) is 10.3 Å². The summed E-state index contributed by atoms with van der Waals surface area (Å²) in [5.74, 6) is 0. The number of thiophene rings is 1. The quantitative estimate of drug-likeness (QED) is 0.538. The number of halogens is 2. The molecule has 0 saturated heterocycles. The van der Waals surface area contributed by atoms with E-state index in [-0.39, 0.29) is 0 Å². The fraction of sp³-hybridized carbons (Fsp3) is 0.267. The van der Waals surface area contributed by atoms with Gasteiger partial charge < -0.3 is 5.32 Å². The average molecular weight is 446 g/mol. The van der Waals surface area contributed by atoms with Crippen LogP contribution < -0.4 is 5.32 Å². The number of aromatic nitrogens is 1. The zero-order valence-corrected chi connectivity index (χ0v) is 16.2. The molecule has 2 heterocycles. The lowest BCUT2D eigenvalue weighted by Gasteiger charge is -2.14. The Balaban J connectivity index is 1.87. The van der Waals surface area contributed by atoms with Gasteiger partial charge in [-0.25, -0.2) is 4.98 Å². The number of nitrogens with one attached hydrogen (secondary N) is 1. The van der Waals surface area contributed by atoms with Gasteiger partial charge >= 0.3 is 0 Å². The summed E-state index contributed by atoms with van der Waals surface area (Å²) in [6.07, 6.45) is 0.923. The summed E-state index contributed by atoms with van der Waals surface area (Å²) < 4.78 is 3.52. The fourth-order valence-electron chi connectivity index (χ4n) is 2.24. The topological polar surface area (TPSA) is 24.9 Å². The highest BCUT2D eigenvalue weighted by atomic mass is 79.9. The van der Waals surface area contributed by atoms with Crippen molar-refractivity contribution in [2.45, 2.75) is 19.4 Å². The predicted octanol–water partition coefficient (Wildman–Crippen LogP) is 5.78. The highest BCUT2D eigenvalue weighted by Gasteiger charge is 2.17. The second-order valence-electron chi connectivity index (χ2n) is 4.66. The van der Waals surface area contributed by atoms with Gasteiger partial charge in [-0.2, -0.15) is 0 Å². The predicted molar refractivity (Wildman–Crippen MR) is 99.5 cm³/mol. The molecule has 0 amide bonds. The molecule has 1 N–H and O–H groups in total. The van der Waals surface area contributed by atoms with E-state index in [0.29, 0.717) is 6.04 Å². The molecule has 0 saturated carbocycles. The highest BCUT2D eigenvalue weighted by molar-refractivity contribution is 9.13. The molecule has 3 rings (SSSR count). The molecule has 21 heavy (non-hydrogen) atoms. The Hall–Kier alpha value is -0.270. The van der Waals surface area contributed by atoms with Crippen LogP contribution in [0.15, 0.2) is 38.6 Å². The number of thiazole rings is 1. The monoisotopic (exact) mass is 444 g/mol. The van der Waals surface area contributed by atoms with Crippen molar-refractivity contribution in [3.8, 4) is 0 Å². The molecule has 0 aliphatic heterocycles. The van der Waals surface area contributed by atoms with Gasteiger partial charge in [0, 0.05) is 21.8 Å². The lowest BCUT2D eigenvalue weighted by molar-refractivity contribution is 0.557. The van der Waals surface area contributed by atoms with Crippen molar-refractivity contribution in [1.29, 1.82) is 0 Å². The summed E-state index contributed by atoms with van der Waals surface area (Å²) in [6.45, 7) is 3.09. The number of hydrogen-bond donors (Lipinski definition) is 1. The SMILES string of the molecule is CCNC(Cc1nc2ccccc2s1)c1cc(Br)c(Br)s1. The summed E-state index contributed by atoms with van der Waals surface area (Å²) in [5.41, 5.74) is 1.10. The normalized spacial score (nSPS) is 12.9. The van der Waals surface area contributed by atoms with Crippen LogP contribution in [0.2, 0.25) is 0 Å². The number of rotatable bonds is 5. The minimum absolute atomic E-state index is 0.308. The fourth-order valence-corrected chi connectivity index (χ4v) is 5.41. The van der Waals surface area contributed by atoms with E-state index in [4.69, 9.17) is 4.98 Å². The van der Waals surface area contributed by atoms with Crippen LogP contribution in [0, 0.1) is 0 Å². The Bertz CT molecular complexity index is 699. The maximum atomic E-state index is 4.75. The van der Waals surface area contributed by atoms with Crippen molar-refractivity contribution >= 4 is 64.8 Å². The Labute approximate surface area is 148 Å². The van der Waals surface area contributed by atoms with Gasteiger partial charge in [0.1, 0.15) is 0 Å². The van der Waals surface area contributed by atoms with Gasteiger partial charge in [0.2, 0.25) is 0 Å². The molecule has 6 heteroatoms. The number of fused-ring (bicyclic) bond motifs is 1. The summed E-state index contributed by atoms with van der Waals surface area (Å²) in [7, 11) is 0. The Morgan fingerprint density at radius 1 is 1.24 bits per heavy atom. The van der Waals surface area contributed by atoms with E-state index in [0.717, 1.165) is 26.7 Å².